The number of fused-ring (bicyclic) bond motifs is 1. The van der Waals surface area contributed by atoms with E-state index < -0.39 is 0 Å². The molecule has 5 nitrogen and oxygen atoms in total. The minimum absolute atomic E-state index is 0.167. The van der Waals surface area contributed by atoms with E-state index in [0.29, 0.717) is 9.23 Å². The van der Waals surface area contributed by atoms with Crippen molar-refractivity contribution in [2.24, 2.45) is 0 Å². The highest BCUT2D eigenvalue weighted by atomic mass is 32.2. The first-order valence-corrected chi connectivity index (χ1v) is 9.85. The predicted octanol–water partition coefficient (Wildman–Crippen LogP) is 4.41. The molecule has 0 atom stereocenters. The van der Waals surface area contributed by atoms with Gasteiger partial charge in [0.25, 0.3) is 5.91 Å². The van der Waals surface area contributed by atoms with Gasteiger partial charge in [-0.25, -0.2) is 9.97 Å². The summed E-state index contributed by atoms with van der Waals surface area (Å²) in [6.45, 7) is 3.91. The molecule has 0 radical (unpaired) electrons. The maximum atomic E-state index is 11.9. The molecular formula is C21H17N3O2S2. The monoisotopic (exact) mass is 407 g/mol. The molecule has 1 aliphatic rings. The zero-order valence-corrected chi connectivity index (χ0v) is 17.2. The highest BCUT2D eigenvalue weighted by molar-refractivity contribution is 8.26. The lowest BCUT2D eigenvalue weighted by Crippen LogP contribution is -2.17. The summed E-state index contributed by atoms with van der Waals surface area (Å²) in [4.78, 5) is 21.8. The molecule has 1 N–H and O–H groups in total. The van der Waals surface area contributed by atoms with E-state index in [1.54, 1.807) is 7.11 Å². The van der Waals surface area contributed by atoms with Crippen LogP contribution in [0.25, 0.3) is 28.2 Å². The molecule has 2 heterocycles. The lowest BCUT2D eigenvalue weighted by Gasteiger charge is -2.11. The third kappa shape index (κ3) is 3.50. The van der Waals surface area contributed by atoms with Crippen molar-refractivity contribution in [3.63, 3.8) is 0 Å². The summed E-state index contributed by atoms with van der Waals surface area (Å²) in [6, 6.07) is 11.8. The van der Waals surface area contributed by atoms with E-state index in [9.17, 15) is 4.79 Å². The number of nitrogens with one attached hydrogen (secondary N) is 1. The van der Waals surface area contributed by atoms with E-state index in [2.05, 4.69) is 15.3 Å². The van der Waals surface area contributed by atoms with Gasteiger partial charge in [-0.05, 0) is 55.3 Å². The lowest BCUT2D eigenvalue weighted by molar-refractivity contribution is -0.115. The van der Waals surface area contributed by atoms with Crippen LogP contribution in [0, 0.1) is 13.8 Å². The van der Waals surface area contributed by atoms with Crippen LogP contribution in [-0.4, -0.2) is 27.3 Å². The predicted molar refractivity (Wildman–Crippen MR) is 117 cm³/mol. The van der Waals surface area contributed by atoms with E-state index in [0.717, 1.165) is 44.9 Å². The van der Waals surface area contributed by atoms with Gasteiger partial charge in [0.1, 0.15) is 10.1 Å². The third-order valence-electron chi connectivity index (χ3n) is 4.55. The number of carbonyl (C=O) groups is 1. The Morgan fingerprint density at radius 3 is 2.50 bits per heavy atom. The number of thiocarbonyl (C=S) groups is 1. The Labute approximate surface area is 172 Å². The van der Waals surface area contributed by atoms with Crippen molar-refractivity contribution in [3.8, 4) is 16.9 Å². The fourth-order valence-electron chi connectivity index (χ4n) is 3.01. The number of aromatic nitrogens is 2. The van der Waals surface area contributed by atoms with Gasteiger partial charge in [-0.2, -0.15) is 0 Å². The van der Waals surface area contributed by atoms with Crippen LogP contribution >= 0.6 is 24.0 Å². The van der Waals surface area contributed by atoms with Crippen molar-refractivity contribution in [2.45, 2.75) is 13.8 Å². The van der Waals surface area contributed by atoms with Gasteiger partial charge >= 0.3 is 0 Å². The van der Waals surface area contributed by atoms with Gasteiger partial charge in [0.2, 0.25) is 0 Å². The number of benzene rings is 2. The van der Waals surface area contributed by atoms with Crippen molar-refractivity contribution in [1.29, 1.82) is 0 Å². The molecule has 0 bridgehead atoms. The van der Waals surface area contributed by atoms with Crippen molar-refractivity contribution in [3.05, 3.63) is 58.3 Å². The Morgan fingerprint density at radius 1 is 1.07 bits per heavy atom. The summed E-state index contributed by atoms with van der Waals surface area (Å²) in [7, 11) is 1.64. The molecule has 0 aliphatic carbocycles. The summed E-state index contributed by atoms with van der Waals surface area (Å²) in [5.41, 5.74) is 6.32. The molecule has 0 spiro atoms. The Morgan fingerprint density at radius 2 is 1.82 bits per heavy atom. The smallest absolute Gasteiger partial charge is 0.263 e. The zero-order chi connectivity index (χ0) is 19.8. The zero-order valence-electron chi connectivity index (χ0n) is 15.6. The quantitative estimate of drug-likeness (QED) is 0.512. The maximum absolute atomic E-state index is 11.9. The van der Waals surface area contributed by atoms with Crippen molar-refractivity contribution in [1.82, 2.24) is 15.3 Å². The molecule has 0 saturated carbocycles. The highest BCUT2D eigenvalue weighted by Gasteiger charge is 2.22. The number of ether oxygens (including phenoxy) is 1. The lowest BCUT2D eigenvalue weighted by atomic mass is 10.0. The van der Waals surface area contributed by atoms with Crippen LogP contribution in [0.4, 0.5) is 0 Å². The molecule has 4 rings (SSSR count). The average Bonchev–Trinajstić information content (AvgIpc) is 2.99. The van der Waals surface area contributed by atoms with E-state index in [1.165, 1.54) is 11.8 Å². The second kappa shape index (κ2) is 7.33. The summed E-state index contributed by atoms with van der Waals surface area (Å²) in [6.07, 6.45) is 1.83. The van der Waals surface area contributed by atoms with Gasteiger partial charge < -0.3 is 10.1 Å². The highest BCUT2D eigenvalue weighted by Crippen LogP contribution is 2.34. The molecule has 0 unspecified atom stereocenters. The van der Waals surface area contributed by atoms with E-state index >= 15 is 0 Å². The van der Waals surface area contributed by atoms with Crippen LogP contribution in [-0.2, 0) is 4.79 Å². The Bertz CT molecular complexity index is 1170. The Hall–Kier alpha value is -2.77. The SMILES string of the molecule is COc1ccc(C=C2SC(=S)NC2=O)cc1-c1ccc2nc(C)c(C)nc2c1. The number of methoxy groups -OCH3 is 1. The van der Waals surface area contributed by atoms with Crippen LogP contribution in [0.3, 0.4) is 0 Å². The number of amides is 1. The number of hydrogen-bond acceptors (Lipinski definition) is 6. The minimum atomic E-state index is -0.167. The van der Waals surface area contributed by atoms with E-state index in [1.807, 2.05) is 56.3 Å². The second-order valence-corrected chi connectivity index (χ2v) is 8.13. The number of nitrogens with zero attached hydrogens (tertiary/aromatic N) is 2. The fourth-order valence-corrected chi connectivity index (χ4v) is 4.06. The van der Waals surface area contributed by atoms with E-state index in [4.69, 9.17) is 17.0 Å². The third-order valence-corrected chi connectivity index (χ3v) is 5.71. The summed E-state index contributed by atoms with van der Waals surface area (Å²) >= 11 is 6.32. The fraction of sp³-hybridized carbons (Fsp3) is 0.143. The maximum Gasteiger partial charge on any atom is 0.263 e. The summed E-state index contributed by atoms with van der Waals surface area (Å²) in [5.74, 6) is 0.580. The minimum Gasteiger partial charge on any atom is -0.496 e. The molecule has 2 aromatic carbocycles. The molecule has 1 aromatic heterocycles. The molecule has 1 fully saturated rings. The topological polar surface area (TPSA) is 64.1 Å². The second-order valence-electron chi connectivity index (χ2n) is 6.41. The van der Waals surface area contributed by atoms with Crippen LogP contribution in [0.15, 0.2) is 41.3 Å². The number of thioether (sulfide) groups is 1. The molecule has 1 aliphatic heterocycles. The molecule has 7 heteroatoms. The van der Waals surface area contributed by atoms with Crippen molar-refractivity contribution >= 4 is 51.3 Å². The number of rotatable bonds is 3. The molecule has 3 aromatic rings. The first kappa shape index (κ1) is 18.6. The van der Waals surface area contributed by atoms with Crippen LogP contribution in [0.5, 0.6) is 5.75 Å². The number of hydrogen-bond donors (Lipinski definition) is 1. The molecule has 140 valence electrons. The largest absolute Gasteiger partial charge is 0.496 e. The van der Waals surface area contributed by atoms with Gasteiger partial charge in [-0.15, -0.1) is 0 Å². The summed E-state index contributed by atoms with van der Waals surface area (Å²) in [5, 5.41) is 2.63. The van der Waals surface area contributed by atoms with Crippen LogP contribution in [0.2, 0.25) is 0 Å². The standard InChI is InChI=1S/C21H17N3O2S2/c1-11-12(2)23-17-10-14(5-6-16(17)22-11)15-8-13(4-7-18(15)26-3)9-19-20(25)24-21(27)28-19/h4-10H,1-3H3,(H,24,25,27). The van der Waals surface area contributed by atoms with Crippen LogP contribution < -0.4 is 10.1 Å². The van der Waals surface area contributed by atoms with Gasteiger partial charge in [0.05, 0.1) is 34.4 Å². The van der Waals surface area contributed by atoms with Crippen LogP contribution in [0.1, 0.15) is 17.0 Å². The summed E-state index contributed by atoms with van der Waals surface area (Å²) < 4.78 is 6.03. The average molecular weight is 408 g/mol. The van der Waals surface area contributed by atoms with Crippen molar-refractivity contribution < 1.29 is 9.53 Å². The van der Waals surface area contributed by atoms with E-state index in [-0.39, 0.29) is 5.91 Å². The van der Waals surface area contributed by atoms with Gasteiger partial charge in [0.15, 0.2) is 0 Å². The van der Waals surface area contributed by atoms with Gasteiger partial charge in [0, 0.05) is 5.56 Å². The first-order chi connectivity index (χ1) is 13.4. The number of carbonyl (C=O) groups excluding carboxylic acids is 1. The molecule has 1 saturated heterocycles. The normalized spacial score (nSPS) is 15.3. The Balaban J connectivity index is 1.81. The van der Waals surface area contributed by atoms with Crippen molar-refractivity contribution in [2.75, 3.05) is 7.11 Å². The first-order valence-electron chi connectivity index (χ1n) is 8.63. The molecular weight excluding hydrogens is 390 g/mol. The van der Waals surface area contributed by atoms with Gasteiger partial charge in [-0.3, -0.25) is 4.79 Å². The number of aryl methyl sites for hydroxylation is 2. The van der Waals surface area contributed by atoms with Gasteiger partial charge in [-0.1, -0.05) is 36.1 Å². The Kier molecular flexibility index (Phi) is 4.87. The molecule has 1 amide bonds. The molecule has 28 heavy (non-hydrogen) atoms.